The van der Waals surface area contributed by atoms with Crippen LogP contribution in [0.25, 0.3) is 0 Å². The molecular weight excluding hydrogens is 426 g/mol. The lowest BCUT2D eigenvalue weighted by atomic mass is 9.99. The SMILES string of the molecule is CC(C)(C)OC(=O)NC[C@@H](NC(=O)OC(C)(C)C)[C@H](NC(=O)OC(C)(C)C)c1ccccc1. The summed E-state index contributed by atoms with van der Waals surface area (Å²) in [5, 5.41) is 8.22. The van der Waals surface area contributed by atoms with Crippen molar-refractivity contribution >= 4 is 18.3 Å². The van der Waals surface area contributed by atoms with Crippen LogP contribution in [0.4, 0.5) is 14.4 Å². The summed E-state index contributed by atoms with van der Waals surface area (Å²) >= 11 is 0. The zero-order valence-corrected chi connectivity index (χ0v) is 21.2. The number of rotatable bonds is 6. The average molecular weight is 466 g/mol. The summed E-state index contributed by atoms with van der Waals surface area (Å²) in [5.74, 6) is 0. The van der Waals surface area contributed by atoms with E-state index in [0.29, 0.717) is 5.56 Å². The fourth-order valence-electron chi connectivity index (χ4n) is 2.73. The summed E-state index contributed by atoms with van der Waals surface area (Å²) < 4.78 is 16.1. The van der Waals surface area contributed by atoms with Gasteiger partial charge in [-0.05, 0) is 67.9 Å². The third-order valence-corrected chi connectivity index (χ3v) is 3.80. The van der Waals surface area contributed by atoms with Gasteiger partial charge in [0.15, 0.2) is 0 Å². The number of amides is 3. The minimum Gasteiger partial charge on any atom is -0.444 e. The molecule has 186 valence electrons. The van der Waals surface area contributed by atoms with Crippen molar-refractivity contribution in [2.24, 2.45) is 0 Å². The van der Waals surface area contributed by atoms with Gasteiger partial charge in [0.2, 0.25) is 0 Å². The van der Waals surface area contributed by atoms with E-state index in [1.165, 1.54) is 0 Å². The average Bonchev–Trinajstić information content (AvgIpc) is 2.59. The Morgan fingerprint density at radius 3 is 1.58 bits per heavy atom. The molecule has 2 atom stereocenters. The lowest BCUT2D eigenvalue weighted by molar-refractivity contribution is 0.0409. The maximum absolute atomic E-state index is 12.6. The van der Waals surface area contributed by atoms with Gasteiger partial charge in [0.1, 0.15) is 16.8 Å². The molecule has 0 aromatic heterocycles. The van der Waals surface area contributed by atoms with Crippen molar-refractivity contribution < 1.29 is 28.6 Å². The molecule has 9 heteroatoms. The molecule has 0 radical (unpaired) electrons. The number of alkyl carbamates (subject to hydrolysis) is 3. The maximum atomic E-state index is 12.6. The van der Waals surface area contributed by atoms with E-state index in [0.717, 1.165) is 0 Å². The van der Waals surface area contributed by atoms with Gasteiger partial charge < -0.3 is 30.2 Å². The lowest BCUT2D eigenvalue weighted by Crippen LogP contribution is -2.53. The molecule has 0 unspecified atom stereocenters. The first-order valence-corrected chi connectivity index (χ1v) is 11.0. The third kappa shape index (κ3) is 12.6. The van der Waals surface area contributed by atoms with Crippen molar-refractivity contribution in [3.05, 3.63) is 35.9 Å². The fourth-order valence-corrected chi connectivity index (χ4v) is 2.73. The van der Waals surface area contributed by atoms with Crippen LogP contribution in [0, 0.1) is 0 Å². The summed E-state index contributed by atoms with van der Waals surface area (Å²) in [6, 6.07) is 7.56. The van der Waals surface area contributed by atoms with Crippen LogP contribution in [-0.2, 0) is 14.2 Å². The van der Waals surface area contributed by atoms with Gasteiger partial charge in [-0.15, -0.1) is 0 Å². The number of hydrogen-bond acceptors (Lipinski definition) is 6. The fraction of sp³-hybridized carbons (Fsp3) is 0.625. The lowest BCUT2D eigenvalue weighted by Gasteiger charge is -2.31. The van der Waals surface area contributed by atoms with Crippen molar-refractivity contribution in [1.82, 2.24) is 16.0 Å². The molecule has 0 bridgehead atoms. The Balaban J connectivity index is 3.19. The number of carbonyl (C=O) groups is 3. The monoisotopic (exact) mass is 465 g/mol. The molecule has 0 aliphatic heterocycles. The Hall–Kier alpha value is -2.97. The molecule has 0 spiro atoms. The topological polar surface area (TPSA) is 115 Å². The normalized spacial score (nSPS) is 13.8. The standard InChI is InChI=1S/C24H39N3O6/c1-22(2,3)31-19(28)25-15-17(26-20(29)32-23(4,5)6)18(16-13-11-10-12-14-16)27-21(30)33-24(7,8)9/h10-14,17-18H,15H2,1-9H3,(H,25,28)(H,26,29)(H,27,30)/t17-,18-/m1/s1. The Bertz CT molecular complexity index is 791. The van der Waals surface area contributed by atoms with Crippen LogP contribution >= 0.6 is 0 Å². The first-order valence-electron chi connectivity index (χ1n) is 11.0. The van der Waals surface area contributed by atoms with Gasteiger partial charge in [-0.25, -0.2) is 14.4 Å². The predicted molar refractivity (Wildman–Crippen MR) is 126 cm³/mol. The molecule has 1 rings (SSSR count). The molecule has 3 amide bonds. The molecule has 0 saturated heterocycles. The summed E-state index contributed by atoms with van der Waals surface area (Å²) in [6.07, 6.45) is -2.00. The Morgan fingerprint density at radius 1 is 0.697 bits per heavy atom. The largest absolute Gasteiger partial charge is 0.444 e. The number of carbonyl (C=O) groups excluding carboxylic acids is 3. The third-order valence-electron chi connectivity index (χ3n) is 3.80. The summed E-state index contributed by atoms with van der Waals surface area (Å²) in [4.78, 5) is 37.4. The van der Waals surface area contributed by atoms with Gasteiger partial charge in [-0.3, -0.25) is 0 Å². The first kappa shape index (κ1) is 28.1. The van der Waals surface area contributed by atoms with E-state index >= 15 is 0 Å². The number of benzene rings is 1. The molecule has 3 N–H and O–H groups in total. The van der Waals surface area contributed by atoms with Crippen LogP contribution in [0.2, 0.25) is 0 Å². The minimum absolute atomic E-state index is 0.0382. The summed E-state index contributed by atoms with van der Waals surface area (Å²) in [7, 11) is 0. The van der Waals surface area contributed by atoms with Crippen LogP contribution < -0.4 is 16.0 Å². The van der Waals surface area contributed by atoms with Gasteiger partial charge >= 0.3 is 18.3 Å². The molecule has 0 fully saturated rings. The van der Waals surface area contributed by atoms with Crippen LogP contribution in [0.5, 0.6) is 0 Å². The molecule has 9 nitrogen and oxygen atoms in total. The number of hydrogen-bond donors (Lipinski definition) is 3. The molecule has 0 aliphatic rings. The van der Waals surface area contributed by atoms with Crippen LogP contribution in [0.15, 0.2) is 30.3 Å². The Labute approximate surface area is 196 Å². The van der Waals surface area contributed by atoms with Crippen LogP contribution in [0.3, 0.4) is 0 Å². The van der Waals surface area contributed by atoms with E-state index in [1.807, 2.05) is 18.2 Å². The summed E-state index contributed by atoms with van der Waals surface area (Å²) in [6.45, 7) is 15.7. The molecule has 0 saturated carbocycles. The number of ether oxygens (including phenoxy) is 3. The van der Waals surface area contributed by atoms with E-state index in [9.17, 15) is 14.4 Å². The van der Waals surface area contributed by atoms with Crippen molar-refractivity contribution in [1.29, 1.82) is 0 Å². The van der Waals surface area contributed by atoms with Gasteiger partial charge in [0, 0.05) is 6.54 Å². The second kappa shape index (κ2) is 11.2. The van der Waals surface area contributed by atoms with Gasteiger partial charge in [-0.1, -0.05) is 30.3 Å². The van der Waals surface area contributed by atoms with Crippen LogP contribution in [0.1, 0.15) is 73.9 Å². The van der Waals surface area contributed by atoms with Crippen molar-refractivity contribution in [2.75, 3.05) is 6.54 Å². The predicted octanol–water partition coefficient (Wildman–Crippen LogP) is 4.67. The zero-order valence-electron chi connectivity index (χ0n) is 21.2. The molecular formula is C24H39N3O6. The zero-order chi connectivity index (χ0) is 25.4. The highest BCUT2D eigenvalue weighted by atomic mass is 16.6. The smallest absolute Gasteiger partial charge is 0.408 e. The van der Waals surface area contributed by atoms with E-state index < -0.39 is 47.2 Å². The van der Waals surface area contributed by atoms with E-state index in [-0.39, 0.29) is 6.54 Å². The van der Waals surface area contributed by atoms with Crippen molar-refractivity contribution in [2.45, 2.75) is 91.2 Å². The van der Waals surface area contributed by atoms with Crippen LogP contribution in [-0.4, -0.2) is 47.7 Å². The molecule has 1 aromatic rings. The highest BCUT2D eigenvalue weighted by Gasteiger charge is 2.31. The summed E-state index contributed by atoms with van der Waals surface area (Å²) in [5.41, 5.74) is -1.43. The Morgan fingerprint density at radius 2 is 1.12 bits per heavy atom. The van der Waals surface area contributed by atoms with Gasteiger partial charge in [0.05, 0.1) is 12.1 Å². The van der Waals surface area contributed by atoms with E-state index in [1.54, 1.807) is 74.4 Å². The minimum atomic E-state index is -0.776. The van der Waals surface area contributed by atoms with E-state index in [4.69, 9.17) is 14.2 Å². The Kier molecular flexibility index (Phi) is 9.57. The highest BCUT2D eigenvalue weighted by Crippen LogP contribution is 2.19. The number of nitrogens with one attached hydrogen (secondary N) is 3. The quantitative estimate of drug-likeness (QED) is 0.526. The van der Waals surface area contributed by atoms with Gasteiger partial charge in [0.25, 0.3) is 0 Å². The van der Waals surface area contributed by atoms with Gasteiger partial charge in [-0.2, -0.15) is 0 Å². The van der Waals surface area contributed by atoms with E-state index in [2.05, 4.69) is 16.0 Å². The maximum Gasteiger partial charge on any atom is 0.408 e. The van der Waals surface area contributed by atoms with Crippen molar-refractivity contribution in [3.8, 4) is 0 Å². The second-order valence-electron chi connectivity index (χ2n) is 10.7. The molecule has 33 heavy (non-hydrogen) atoms. The second-order valence-corrected chi connectivity index (χ2v) is 10.7. The first-order chi connectivity index (χ1) is 15.0. The van der Waals surface area contributed by atoms with Crippen molar-refractivity contribution in [3.63, 3.8) is 0 Å². The highest BCUT2D eigenvalue weighted by molar-refractivity contribution is 5.71. The molecule has 1 aromatic carbocycles. The molecule has 0 aliphatic carbocycles. The molecule has 0 heterocycles.